The summed E-state index contributed by atoms with van der Waals surface area (Å²) in [5.41, 5.74) is 0.384. The number of allylic oxidation sites excluding steroid dienone is 1. The van der Waals surface area contributed by atoms with Gasteiger partial charge >= 0.3 is 0 Å². The topological polar surface area (TPSA) is 70.6 Å². The van der Waals surface area contributed by atoms with E-state index in [1.165, 1.54) is 19.1 Å². The molecule has 0 unspecified atom stereocenters. The van der Waals surface area contributed by atoms with Crippen molar-refractivity contribution < 1.29 is 23.4 Å². The van der Waals surface area contributed by atoms with Crippen LogP contribution in [0, 0.1) is 11.6 Å². The Morgan fingerprint density at radius 3 is 2.68 bits per heavy atom. The van der Waals surface area contributed by atoms with Crippen LogP contribution in [0.5, 0.6) is 0 Å². The largest absolute Gasteiger partial charge is 0.389 e. The maximum atomic E-state index is 13.5. The Balaban J connectivity index is 1.92. The third-order valence-corrected chi connectivity index (χ3v) is 4.90. The van der Waals surface area contributed by atoms with Gasteiger partial charge in [-0.1, -0.05) is 6.08 Å². The van der Waals surface area contributed by atoms with E-state index in [0.29, 0.717) is 25.1 Å². The molecule has 3 N–H and O–H groups in total. The first kappa shape index (κ1) is 22.5. The molecule has 7 heteroatoms. The molecule has 0 saturated carbocycles. The minimum Gasteiger partial charge on any atom is -0.389 e. The molecule has 156 valence electrons. The summed E-state index contributed by atoms with van der Waals surface area (Å²) in [7, 11) is 0. The van der Waals surface area contributed by atoms with Crippen molar-refractivity contribution in [1.82, 2.24) is 10.6 Å². The molecule has 1 aliphatic rings. The summed E-state index contributed by atoms with van der Waals surface area (Å²) in [5.74, 6) is -1.67. The van der Waals surface area contributed by atoms with Crippen molar-refractivity contribution in [2.45, 2.75) is 63.3 Å². The number of hydrogen-bond acceptors (Lipinski definition) is 4. The van der Waals surface area contributed by atoms with Crippen molar-refractivity contribution in [1.29, 1.82) is 0 Å². The monoisotopic (exact) mass is 396 g/mol. The number of benzene rings is 1. The van der Waals surface area contributed by atoms with Crippen LogP contribution < -0.4 is 10.6 Å². The van der Waals surface area contributed by atoms with Gasteiger partial charge in [-0.3, -0.25) is 4.79 Å². The van der Waals surface area contributed by atoms with Crippen molar-refractivity contribution in [3.05, 3.63) is 48.1 Å². The van der Waals surface area contributed by atoms with Gasteiger partial charge in [0.15, 0.2) is 0 Å². The number of amides is 1. The second kappa shape index (κ2) is 11.2. The number of ether oxygens (including phenoxy) is 1. The highest BCUT2D eigenvalue weighted by Gasteiger charge is 2.32. The highest BCUT2D eigenvalue weighted by Crippen LogP contribution is 2.19. The summed E-state index contributed by atoms with van der Waals surface area (Å²) in [6.07, 6.45) is 4.52. The molecule has 1 heterocycles. The lowest BCUT2D eigenvalue weighted by molar-refractivity contribution is -0.120. The van der Waals surface area contributed by atoms with E-state index < -0.39 is 23.8 Å². The zero-order chi connectivity index (χ0) is 20.5. The molecule has 1 aromatic rings. The Labute approximate surface area is 165 Å². The molecule has 4 atom stereocenters. The second-order valence-electron chi connectivity index (χ2n) is 7.30. The van der Waals surface area contributed by atoms with Crippen molar-refractivity contribution in [2.24, 2.45) is 0 Å². The number of carbonyl (C=O) groups is 1. The van der Waals surface area contributed by atoms with Crippen LogP contribution in [-0.4, -0.2) is 48.5 Å². The number of unbranched alkanes of at least 4 members (excludes halogenated alkanes) is 1. The number of piperidine rings is 1. The number of halogens is 2. The van der Waals surface area contributed by atoms with Gasteiger partial charge in [0.25, 0.3) is 0 Å². The van der Waals surface area contributed by atoms with E-state index in [-0.39, 0.29) is 24.5 Å². The molecule has 1 aliphatic heterocycles. The maximum absolute atomic E-state index is 13.5. The Kier molecular flexibility index (Phi) is 9.02. The lowest BCUT2D eigenvalue weighted by Gasteiger charge is -2.36. The average Bonchev–Trinajstić information content (AvgIpc) is 2.63. The average molecular weight is 396 g/mol. The number of rotatable bonds is 10. The van der Waals surface area contributed by atoms with Gasteiger partial charge in [0, 0.05) is 32.2 Å². The first-order valence-corrected chi connectivity index (χ1v) is 9.75. The first-order valence-electron chi connectivity index (χ1n) is 9.75. The SMILES string of the molecule is C=CCCCO[C@@H]1CC[C@H]([C@H](O)[C@H](Cc2cc(F)cc(F)c2)NC(C)=O)NC1. The molecule has 1 amide bonds. The van der Waals surface area contributed by atoms with Gasteiger partial charge in [-0.15, -0.1) is 6.58 Å². The molecule has 0 aromatic heterocycles. The van der Waals surface area contributed by atoms with Crippen LogP contribution in [0.15, 0.2) is 30.9 Å². The fraction of sp³-hybridized carbons (Fsp3) is 0.571. The number of nitrogens with one attached hydrogen (secondary N) is 2. The molecular weight excluding hydrogens is 366 g/mol. The van der Waals surface area contributed by atoms with Gasteiger partial charge in [0.1, 0.15) is 11.6 Å². The van der Waals surface area contributed by atoms with Crippen LogP contribution in [0.4, 0.5) is 8.78 Å². The summed E-state index contributed by atoms with van der Waals surface area (Å²) in [4.78, 5) is 11.6. The summed E-state index contributed by atoms with van der Waals surface area (Å²) >= 11 is 0. The van der Waals surface area contributed by atoms with Crippen LogP contribution in [-0.2, 0) is 16.0 Å². The van der Waals surface area contributed by atoms with Crippen LogP contribution in [0.25, 0.3) is 0 Å². The molecule has 0 aliphatic carbocycles. The molecule has 0 bridgehead atoms. The predicted octanol–water partition coefficient (Wildman–Crippen LogP) is 2.48. The van der Waals surface area contributed by atoms with E-state index in [1.54, 1.807) is 0 Å². The molecule has 28 heavy (non-hydrogen) atoms. The van der Waals surface area contributed by atoms with Gasteiger partial charge in [-0.25, -0.2) is 8.78 Å². The van der Waals surface area contributed by atoms with E-state index in [0.717, 1.165) is 25.3 Å². The molecule has 5 nitrogen and oxygen atoms in total. The van der Waals surface area contributed by atoms with Crippen LogP contribution in [0.1, 0.15) is 38.2 Å². The molecular formula is C21H30F2N2O3. The highest BCUT2D eigenvalue weighted by molar-refractivity contribution is 5.73. The number of aliphatic hydroxyl groups is 1. The second-order valence-corrected chi connectivity index (χ2v) is 7.30. The molecule has 0 radical (unpaired) electrons. The summed E-state index contributed by atoms with van der Waals surface area (Å²) in [5, 5.41) is 16.8. The minimum absolute atomic E-state index is 0.0878. The van der Waals surface area contributed by atoms with Crippen molar-refractivity contribution in [3.63, 3.8) is 0 Å². The van der Waals surface area contributed by atoms with Crippen LogP contribution in [0.2, 0.25) is 0 Å². The molecule has 0 spiro atoms. The lowest BCUT2D eigenvalue weighted by atomic mass is 9.90. The van der Waals surface area contributed by atoms with E-state index >= 15 is 0 Å². The Morgan fingerprint density at radius 2 is 2.11 bits per heavy atom. The molecule has 1 aromatic carbocycles. The normalized spacial score (nSPS) is 21.7. The van der Waals surface area contributed by atoms with Gasteiger partial charge in [0.2, 0.25) is 5.91 Å². The quantitative estimate of drug-likeness (QED) is 0.420. The summed E-state index contributed by atoms with van der Waals surface area (Å²) in [6, 6.07) is 2.34. The van der Waals surface area contributed by atoms with Crippen LogP contribution in [0.3, 0.4) is 0 Å². The predicted molar refractivity (Wildman–Crippen MR) is 104 cm³/mol. The first-order chi connectivity index (χ1) is 13.4. The van der Waals surface area contributed by atoms with E-state index in [4.69, 9.17) is 4.74 Å². The third-order valence-electron chi connectivity index (χ3n) is 4.90. The number of carbonyl (C=O) groups excluding carboxylic acids is 1. The zero-order valence-electron chi connectivity index (χ0n) is 16.3. The fourth-order valence-electron chi connectivity index (χ4n) is 3.55. The Morgan fingerprint density at radius 1 is 1.39 bits per heavy atom. The number of aliphatic hydroxyl groups excluding tert-OH is 1. The van der Waals surface area contributed by atoms with Crippen LogP contribution >= 0.6 is 0 Å². The van der Waals surface area contributed by atoms with Gasteiger partial charge in [-0.2, -0.15) is 0 Å². The lowest BCUT2D eigenvalue weighted by Crippen LogP contribution is -2.56. The third kappa shape index (κ3) is 7.30. The zero-order valence-corrected chi connectivity index (χ0v) is 16.3. The Hall–Kier alpha value is -1.83. The highest BCUT2D eigenvalue weighted by atomic mass is 19.1. The number of hydrogen-bond donors (Lipinski definition) is 3. The van der Waals surface area contributed by atoms with E-state index in [1.807, 2.05) is 6.08 Å². The van der Waals surface area contributed by atoms with E-state index in [2.05, 4.69) is 17.2 Å². The van der Waals surface area contributed by atoms with Gasteiger partial charge in [-0.05, 0) is 49.8 Å². The van der Waals surface area contributed by atoms with Gasteiger partial charge < -0.3 is 20.5 Å². The standard InChI is InChI=1S/C21H30F2N2O3/c1-3-4-5-8-28-18-6-7-19(24-13-18)21(27)20(25-14(2)26)11-15-9-16(22)12-17(23)10-15/h3,9-10,12,18-21,24,27H,1,4-8,11,13H2,2H3,(H,25,26)/t18-,19-,20+,21+/m1/s1. The fourth-order valence-corrected chi connectivity index (χ4v) is 3.55. The minimum atomic E-state index is -0.892. The molecule has 2 rings (SSSR count). The molecule has 1 fully saturated rings. The maximum Gasteiger partial charge on any atom is 0.217 e. The Bertz CT molecular complexity index is 628. The summed E-state index contributed by atoms with van der Waals surface area (Å²) < 4.78 is 32.8. The van der Waals surface area contributed by atoms with Crippen molar-refractivity contribution >= 4 is 5.91 Å². The molecule has 1 saturated heterocycles. The van der Waals surface area contributed by atoms with E-state index in [9.17, 15) is 18.7 Å². The summed E-state index contributed by atoms with van der Waals surface area (Å²) in [6.45, 7) is 6.32. The smallest absolute Gasteiger partial charge is 0.217 e. The van der Waals surface area contributed by atoms with Crippen molar-refractivity contribution in [3.8, 4) is 0 Å². The van der Waals surface area contributed by atoms with Gasteiger partial charge in [0.05, 0.1) is 18.2 Å². The van der Waals surface area contributed by atoms with Crippen molar-refractivity contribution in [2.75, 3.05) is 13.2 Å².